The number of aliphatic imine (C=N–C) groups is 1. The molecule has 0 unspecified atom stereocenters. The van der Waals surface area contributed by atoms with E-state index in [9.17, 15) is 0 Å². The summed E-state index contributed by atoms with van der Waals surface area (Å²) in [6.45, 7) is 4.60. The van der Waals surface area contributed by atoms with Gasteiger partial charge in [-0.2, -0.15) is 0 Å². The molecule has 1 aromatic carbocycles. The fraction of sp³-hybridized carbons (Fsp3) is 0.533. The summed E-state index contributed by atoms with van der Waals surface area (Å²) in [5, 5.41) is 6.56. The number of nitrogens with zero attached hydrogens (tertiary/aromatic N) is 1. The van der Waals surface area contributed by atoms with E-state index in [0.29, 0.717) is 19.8 Å². The molecule has 0 amide bonds. The van der Waals surface area contributed by atoms with Crippen molar-refractivity contribution in [2.24, 2.45) is 4.99 Å². The molecule has 0 spiro atoms. The molecule has 1 aliphatic rings. The van der Waals surface area contributed by atoms with Gasteiger partial charge < -0.3 is 20.1 Å². The molecular weight excluding hydrogens is 254 g/mol. The fourth-order valence-electron chi connectivity index (χ4n) is 1.92. The Balaban J connectivity index is 1.72. The fourth-order valence-corrected chi connectivity index (χ4v) is 1.92. The van der Waals surface area contributed by atoms with E-state index in [2.05, 4.69) is 39.9 Å². The number of guanidine groups is 1. The van der Waals surface area contributed by atoms with Crippen LogP contribution >= 0.6 is 0 Å². The van der Waals surface area contributed by atoms with Crippen molar-refractivity contribution in [3.8, 4) is 0 Å². The smallest absolute Gasteiger partial charge is 0.191 e. The Labute approximate surface area is 120 Å². The van der Waals surface area contributed by atoms with Crippen LogP contribution in [0.3, 0.4) is 0 Å². The molecular formula is C15H23N3O2. The zero-order valence-electron chi connectivity index (χ0n) is 12.0. The van der Waals surface area contributed by atoms with Gasteiger partial charge in [0, 0.05) is 26.7 Å². The lowest BCUT2D eigenvalue weighted by Gasteiger charge is -2.16. The summed E-state index contributed by atoms with van der Waals surface area (Å²) in [6.07, 6.45) is 1.11. The Kier molecular flexibility index (Phi) is 6.34. The van der Waals surface area contributed by atoms with Crippen molar-refractivity contribution >= 4 is 5.96 Å². The van der Waals surface area contributed by atoms with Crippen molar-refractivity contribution in [2.75, 3.05) is 33.4 Å². The topological polar surface area (TPSA) is 54.9 Å². The van der Waals surface area contributed by atoms with Crippen LogP contribution < -0.4 is 10.6 Å². The minimum Gasteiger partial charge on any atom is -0.382 e. The Morgan fingerprint density at radius 2 is 2.00 bits per heavy atom. The number of nitrogens with one attached hydrogen (secondary N) is 2. The molecule has 5 nitrogen and oxygen atoms in total. The first kappa shape index (κ1) is 14.8. The molecule has 0 radical (unpaired) electrons. The summed E-state index contributed by atoms with van der Waals surface area (Å²) in [7, 11) is 1.68. The maximum Gasteiger partial charge on any atom is 0.191 e. The molecule has 0 fully saturated rings. The van der Waals surface area contributed by atoms with Crippen LogP contribution in [0.1, 0.15) is 17.5 Å². The molecule has 1 heterocycles. The van der Waals surface area contributed by atoms with E-state index in [4.69, 9.17) is 9.47 Å². The van der Waals surface area contributed by atoms with Gasteiger partial charge >= 0.3 is 0 Å². The summed E-state index contributed by atoms with van der Waals surface area (Å²) in [4.78, 5) is 4.38. The molecule has 2 rings (SSSR count). The van der Waals surface area contributed by atoms with Gasteiger partial charge in [-0.15, -0.1) is 0 Å². The SMILES string of the molecule is COCCOCc1ccc(CNC2=NCCCN2)cc1. The van der Waals surface area contributed by atoms with Crippen molar-refractivity contribution < 1.29 is 9.47 Å². The predicted molar refractivity (Wildman–Crippen MR) is 79.7 cm³/mol. The summed E-state index contributed by atoms with van der Waals surface area (Å²) >= 11 is 0. The molecule has 110 valence electrons. The van der Waals surface area contributed by atoms with Crippen LogP contribution in [0.15, 0.2) is 29.3 Å². The standard InChI is InChI=1S/C15H23N3O2/c1-19-9-10-20-12-14-5-3-13(4-6-14)11-18-15-16-7-2-8-17-15/h3-6H,2,7-12H2,1H3,(H2,16,17,18). The van der Waals surface area contributed by atoms with Gasteiger partial charge in [-0.25, -0.2) is 0 Å². The van der Waals surface area contributed by atoms with Gasteiger partial charge in [0.1, 0.15) is 0 Å². The van der Waals surface area contributed by atoms with Crippen molar-refractivity contribution in [3.05, 3.63) is 35.4 Å². The zero-order valence-corrected chi connectivity index (χ0v) is 12.0. The van der Waals surface area contributed by atoms with Crippen molar-refractivity contribution in [1.29, 1.82) is 0 Å². The Morgan fingerprint density at radius 3 is 2.70 bits per heavy atom. The molecule has 0 aromatic heterocycles. The van der Waals surface area contributed by atoms with E-state index >= 15 is 0 Å². The van der Waals surface area contributed by atoms with E-state index in [0.717, 1.165) is 32.0 Å². The van der Waals surface area contributed by atoms with Gasteiger partial charge in [0.2, 0.25) is 0 Å². The van der Waals surface area contributed by atoms with Gasteiger partial charge in [0.05, 0.1) is 19.8 Å². The average molecular weight is 277 g/mol. The lowest BCUT2D eigenvalue weighted by molar-refractivity contribution is 0.0616. The van der Waals surface area contributed by atoms with E-state index in [-0.39, 0.29) is 0 Å². The molecule has 0 saturated heterocycles. The summed E-state index contributed by atoms with van der Waals surface area (Å²) < 4.78 is 10.4. The van der Waals surface area contributed by atoms with Gasteiger partial charge in [-0.1, -0.05) is 24.3 Å². The Hall–Kier alpha value is -1.59. The molecule has 0 bridgehead atoms. The first-order valence-electron chi connectivity index (χ1n) is 7.05. The molecule has 1 aliphatic heterocycles. The zero-order chi connectivity index (χ0) is 14.0. The quantitative estimate of drug-likeness (QED) is 0.737. The monoisotopic (exact) mass is 277 g/mol. The van der Waals surface area contributed by atoms with Crippen LogP contribution in [0.2, 0.25) is 0 Å². The van der Waals surface area contributed by atoms with Crippen LogP contribution in [0.4, 0.5) is 0 Å². The second-order valence-electron chi connectivity index (χ2n) is 4.73. The highest BCUT2D eigenvalue weighted by Gasteiger charge is 2.03. The molecule has 20 heavy (non-hydrogen) atoms. The third-order valence-corrected chi connectivity index (χ3v) is 3.08. The van der Waals surface area contributed by atoms with Gasteiger partial charge in [-0.3, -0.25) is 4.99 Å². The maximum absolute atomic E-state index is 5.49. The number of hydrogen-bond acceptors (Lipinski definition) is 5. The third kappa shape index (κ3) is 5.19. The van der Waals surface area contributed by atoms with Crippen molar-refractivity contribution in [1.82, 2.24) is 10.6 Å². The summed E-state index contributed by atoms with van der Waals surface area (Å²) in [6, 6.07) is 8.43. The number of hydrogen-bond donors (Lipinski definition) is 2. The highest BCUT2D eigenvalue weighted by molar-refractivity contribution is 5.80. The summed E-state index contributed by atoms with van der Waals surface area (Å²) in [5.41, 5.74) is 2.42. The molecule has 1 aromatic rings. The molecule has 5 heteroatoms. The highest BCUT2D eigenvalue weighted by atomic mass is 16.5. The van der Waals surface area contributed by atoms with Gasteiger partial charge in [-0.05, 0) is 17.5 Å². The number of methoxy groups -OCH3 is 1. The van der Waals surface area contributed by atoms with E-state index in [1.165, 1.54) is 11.1 Å². The molecule has 0 atom stereocenters. The average Bonchev–Trinajstić information content (AvgIpc) is 2.52. The van der Waals surface area contributed by atoms with E-state index < -0.39 is 0 Å². The largest absolute Gasteiger partial charge is 0.382 e. The highest BCUT2D eigenvalue weighted by Crippen LogP contribution is 2.06. The second kappa shape index (κ2) is 8.55. The molecule has 0 aliphatic carbocycles. The van der Waals surface area contributed by atoms with E-state index in [1.807, 2.05) is 0 Å². The van der Waals surface area contributed by atoms with Gasteiger partial charge in [0.15, 0.2) is 5.96 Å². The third-order valence-electron chi connectivity index (χ3n) is 3.08. The Morgan fingerprint density at radius 1 is 1.20 bits per heavy atom. The summed E-state index contributed by atoms with van der Waals surface area (Å²) in [5.74, 6) is 0.906. The van der Waals surface area contributed by atoms with Crippen LogP contribution in [0.5, 0.6) is 0 Å². The minimum absolute atomic E-state index is 0.630. The normalized spacial score (nSPS) is 14.6. The Bertz CT molecular complexity index is 418. The van der Waals surface area contributed by atoms with Gasteiger partial charge in [0.25, 0.3) is 0 Å². The predicted octanol–water partition coefficient (Wildman–Crippen LogP) is 1.29. The second-order valence-corrected chi connectivity index (χ2v) is 4.73. The minimum atomic E-state index is 0.630. The number of benzene rings is 1. The van der Waals surface area contributed by atoms with E-state index in [1.54, 1.807) is 7.11 Å². The number of ether oxygens (including phenoxy) is 2. The van der Waals surface area contributed by atoms with Crippen LogP contribution in [-0.2, 0) is 22.6 Å². The first-order chi connectivity index (χ1) is 9.88. The molecule has 0 saturated carbocycles. The van der Waals surface area contributed by atoms with Crippen LogP contribution in [-0.4, -0.2) is 39.4 Å². The lowest BCUT2D eigenvalue weighted by Crippen LogP contribution is -2.40. The van der Waals surface area contributed by atoms with Crippen molar-refractivity contribution in [3.63, 3.8) is 0 Å². The maximum atomic E-state index is 5.49. The number of rotatable bonds is 7. The van der Waals surface area contributed by atoms with Crippen molar-refractivity contribution in [2.45, 2.75) is 19.6 Å². The van der Waals surface area contributed by atoms with Crippen LogP contribution in [0.25, 0.3) is 0 Å². The van der Waals surface area contributed by atoms with Crippen LogP contribution in [0, 0.1) is 0 Å². The first-order valence-corrected chi connectivity index (χ1v) is 7.05. The molecule has 2 N–H and O–H groups in total. The lowest BCUT2D eigenvalue weighted by atomic mass is 10.1.